The standard InChI is InChI=1S/C7H13NO2Si/c1-11(2,3)8-6(9)4-5-7(8)10/h4-5H2,1-3H3. The molecule has 3 nitrogen and oxygen atoms in total. The molecule has 1 aliphatic heterocycles. The van der Waals surface area contributed by atoms with Crippen molar-refractivity contribution in [3.8, 4) is 0 Å². The average molecular weight is 171 g/mol. The lowest BCUT2D eigenvalue weighted by atomic mass is 10.4. The van der Waals surface area contributed by atoms with Crippen LogP contribution in [0.1, 0.15) is 12.8 Å². The molecule has 0 aromatic rings. The van der Waals surface area contributed by atoms with E-state index in [1.165, 1.54) is 4.57 Å². The summed E-state index contributed by atoms with van der Waals surface area (Å²) in [7, 11) is -1.72. The normalized spacial score (nSPS) is 19.7. The van der Waals surface area contributed by atoms with E-state index in [1.807, 2.05) is 19.6 Å². The Hall–Kier alpha value is -0.643. The molecule has 62 valence electrons. The molecule has 0 unspecified atom stereocenters. The van der Waals surface area contributed by atoms with Gasteiger partial charge < -0.3 is 4.57 Å². The third-order valence-corrected chi connectivity index (χ3v) is 3.56. The highest BCUT2D eigenvalue weighted by Crippen LogP contribution is 2.19. The number of imide groups is 1. The van der Waals surface area contributed by atoms with Gasteiger partial charge in [0.05, 0.1) is 0 Å². The Labute approximate surface area is 67.5 Å². The van der Waals surface area contributed by atoms with E-state index in [9.17, 15) is 9.59 Å². The van der Waals surface area contributed by atoms with Gasteiger partial charge in [-0.15, -0.1) is 0 Å². The molecule has 11 heavy (non-hydrogen) atoms. The summed E-state index contributed by atoms with van der Waals surface area (Å²) in [4.78, 5) is 22.3. The fraction of sp³-hybridized carbons (Fsp3) is 0.714. The number of nitrogens with zero attached hydrogens (tertiary/aromatic N) is 1. The molecule has 0 aliphatic carbocycles. The summed E-state index contributed by atoms with van der Waals surface area (Å²) in [6, 6.07) is 0. The Morgan fingerprint density at radius 3 is 1.64 bits per heavy atom. The second-order valence-electron chi connectivity index (χ2n) is 3.79. The van der Waals surface area contributed by atoms with Crippen molar-refractivity contribution in [1.29, 1.82) is 0 Å². The summed E-state index contributed by atoms with van der Waals surface area (Å²) >= 11 is 0. The molecule has 2 amide bonds. The minimum absolute atomic E-state index is 0.0224. The van der Waals surface area contributed by atoms with Crippen LogP contribution in [0.4, 0.5) is 0 Å². The molecule has 4 heteroatoms. The van der Waals surface area contributed by atoms with Crippen LogP contribution in [0.15, 0.2) is 0 Å². The van der Waals surface area contributed by atoms with Crippen molar-refractivity contribution in [2.75, 3.05) is 0 Å². The van der Waals surface area contributed by atoms with Crippen molar-refractivity contribution < 1.29 is 9.59 Å². The van der Waals surface area contributed by atoms with Gasteiger partial charge in [0.2, 0.25) is 11.8 Å². The predicted molar refractivity (Wildman–Crippen MR) is 44.4 cm³/mol. The zero-order chi connectivity index (χ0) is 8.65. The highest BCUT2D eigenvalue weighted by molar-refractivity contribution is 6.78. The molecule has 0 aromatic heterocycles. The van der Waals surface area contributed by atoms with Crippen molar-refractivity contribution in [3.05, 3.63) is 0 Å². The number of hydrogen-bond donors (Lipinski definition) is 0. The zero-order valence-corrected chi connectivity index (χ0v) is 8.18. The van der Waals surface area contributed by atoms with Gasteiger partial charge in [0.15, 0.2) is 8.24 Å². The van der Waals surface area contributed by atoms with Crippen molar-refractivity contribution in [2.24, 2.45) is 0 Å². The molecule has 0 N–H and O–H groups in total. The summed E-state index contributed by atoms with van der Waals surface area (Å²) in [5, 5.41) is 0. The maximum absolute atomic E-state index is 11.2. The van der Waals surface area contributed by atoms with Crippen molar-refractivity contribution in [2.45, 2.75) is 32.5 Å². The lowest BCUT2D eigenvalue weighted by Gasteiger charge is -2.27. The Morgan fingerprint density at radius 2 is 1.45 bits per heavy atom. The van der Waals surface area contributed by atoms with Crippen LogP contribution >= 0.6 is 0 Å². The number of amides is 2. The van der Waals surface area contributed by atoms with Crippen LogP contribution in [0.5, 0.6) is 0 Å². The van der Waals surface area contributed by atoms with E-state index in [1.54, 1.807) is 0 Å². The van der Waals surface area contributed by atoms with Crippen molar-refractivity contribution in [3.63, 3.8) is 0 Å². The van der Waals surface area contributed by atoms with Crippen LogP contribution in [-0.2, 0) is 9.59 Å². The lowest BCUT2D eigenvalue weighted by molar-refractivity contribution is -0.133. The molecule has 1 fully saturated rings. The molecule has 1 saturated heterocycles. The first-order valence-corrected chi connectivity index (χ1v) is 7.23. The summed E-state index contributed by atoms with van der Waals surface area (Å²) in [6.45, 7) is 6.02. The molecule has 1 heterocycles. The fourth-order valence-corrected chi connectivity index (χ4v) is 3.04. The van der Waals surface area contributed by atoms with Crippen LogP contribution in [-0.4, -0.2) is 24.6 Å². The smallest absolute Gasteiger partial charge is 0.221 e. The van der Waals surface area contributed by atoms with Crippen LogP contribution in [0.2, 0.25) is 19.6 Å². The van der Waals surface area contributed by atoms with Crippen LogP contribution < -0.4 is 0 Å². The molecule has 0 bridgehead atoms. The molecule has 0 radical (unpaired) electrons. The minimum atomic E-state index is -1.72. The zero-order valence-electron chi connectivity index (χ0n) is 7.18. The average Bonchev–Trinajstić information content (AvgIpc) is 2.08. The molecular formula is C7H13NO2Si. The van der Waals surface area contributed by atoms with Gasteiger partial charge in [0.25, 0.3) is 0 Å². The van der Waals surface area contributed by atoms with Gasteiger partial charge in [-0.3, -0.25) is 9.59 Å². The molecule has 1 aliphatic rings. The van der Waals surface area contributed by atoms with Gasteiger partial charge in [-0.1, -0.05) is 19.6 Å². The van der Waals surface area contributed by atoms with Gasteiger partial charge in [0.1, 0.15) is 0 Å². The third-order valence-electron chi connectivity index (χ3n) is 1.72. The first-order valence-electron chi connectivity index (χ1n) is 3.79. The first-order chi connectivity index (χ1) is 4.93. The lowest BCUT2D eigenvalue weighted by Crippen LogP contribution is -2.49. The highest BCUT2D eigenvalue weighted by atomic mass is 28.3. The third kappa shape index (κ3) is 1.50. The van der Waals surface area contributed by atoms with Gasteiger partial charge in [-0.25, -0.2) is 0 Å². The second-order valence-corrected chi connectivity index (χ2v) is 8.58. The van der Waals surface area contributed by atoms with Gasteiger partial charge in [0, 0.05) is 12.8 Å². The number of carbonyl (C=O) groups excluding carboxylic acids is 2. The Bertz CT molecular complexity index is 191. The number of hydrogen-bond acceptors (Lipinski definition) is 2. The highest BCUT2D eigenvalue weighted by Gasteiger charge is 2.38. The fourth-order valence-electron chi connectivity index (χ4n) is 1.32. The minimum Gasteiger partial charge on any atom is -0.312 e. The Morgan fingerprint density at radius 1 is 1.09 bits per heavy atom. The van der Waals surface area contributed by atoms with E-state index in [4.69, 9.17) is 0 Å². The van der Waals surface area contributed by atoms with Crippen LogP contribution in [0.3, 0.4) is 0 Å². The molecule has 0 aromatic carbocycles. The maximum Gasteiger partial charge on any atom is 0.221 e. The Kier molecular flexibility index (Phi) is 1.88. The second kappa shape index (κ2) is 2.44. The van der Waals surface area contributed by atoms with Crippen molar-refractivity contribution in [1.82, 2.24) is 4.57 Å². The largest absolute Gasteiger partial charge is 0.312 e. The van der Waals surface area contributed by atoms with E-state index in [0.717, 1.165) is 0 Å². The summed E-state index contributed by atoms with van der Waals surface area (Å²) in [5.41, 5.74) is 0. The topological polar surface area (TPSA) is 37.4 Å². The number of carbonyl (C=O) groups is 2. The van der Waals surface area contributed by atoms with Gasteiger partial charge in [-0.05, 0) is 0 Å². The molecule has 0 spiro atoms. The Balaban J connectivity index is 2.85. The maximum atomic E-state index is 11.2. The first kappa shape index (κ1) is 8.45. The molecule has 0 atom stereocenters. The van der Waals surface area contributed by atoms with E-state index >= 15 is 0 Å². The van der Waals surface area contributed by atoms with Gasteiger partial charge >= 0.3 is 0 Å². The molecular weight excluding hydrogens is 158 g/mol. The quantitative estimate of drug-likeness (QED) is 0.435. The van der Waals surface area contributed by atoms with Crippen molar-refractivity contribution >= 4 is 20.0 Å². The summed E-state index contributed by atoms with van der Waals surface area (Å²) < 4.78 is 1.49. The summed E-state index contributed by atoms with van der Waals surface area (Å²) in [6.07, 6.45) is 0.839. The van der Waals surface area contributed by atoms with E-state index < -0.39 is 8.24 Å². The molecule has 1 rings (SSSR count). The van der Waals surface area contributed by atoms with E-state index in [-0.39, 0.29) is 11.8 Å². The van der Waals surface area contributed by atoms with Crippen LogP contribution in [0, 0.1) is 0 Å². The van der Waals surface area contributed by atoms with E-state index in [2.05, 4.69) is 0 Å². The molecule has 0 saturated carbocycles. The number of rotatable bonds is 1. The van der Waals surface area contributed by atoms with Crippen LogP contribution in [0.25, 0.3) is 0 Å². The van der Waals surface area contributed by atoms with E-state index in [0.29, 0.717) is 12.8 Å². The SMILES string of the molecule is C[Si](C)(C)N1C(=O)CCC1=O. The predicted octanol–water partition coefficient (Wildman–Crippen LogP) is 0.970. The monoisotopic (exact) mass is 171 g/mol. The van der Waals surface area contributed by atoms with Gasteiger partial charge in [-0.2, -0.15) is 0 Å². The summed E-state index contributed by atoms with van der Waals surface area (Å²) in [5.74, 6) is 0.0448.